The Balaban J connectivity index is 1.61. The second kappa shape index (κ2) is 8.24. The van der Waals surface area contributed by atoms with E-state index in [1.54, 1.807) is 42.5 Å². The molecule has 8 nitrogen and oxygen atoms in total. The van der Waals surface area contributed by atoms with Crippen LogP contribution < -0.4 is 5.32 Å². The molecule has 27 heavy (non-hydrogen) atoms. The molecule has 0 fully saturated rings. The fourth-order valence-electron chi connectivity index (χ4n) is 2.25. The summed E-state index contributed by atoms with van der Waals surface area (Å²) in [6.07, 6.45) is 2.58. The van der Waals surface area contributed by atoms with Crippen LogP contribution in [0.1, 0.15) is 11.5 Å². The second-order valence-electron chi connectivity index (χ2n) is 5.39. The molecule has 9 heteroatoms. The molecule has 1 N–H and O–H groups in total. The van der Waals surface area contributed by atoms with E-state index in [0.29, 0.717) is 22.0 Å². The molecule has 1 aromatic heterocycles. The van der Waals surface area contributed by atoms with Gasteiger partial charge in [-0.3, -0.25) is 14.9 Å². The summed E-state index contributed by atoms with van der Waals surface area (Å²) in [4.78, 5) is 26.5. The van der Waals surface area contributed by atoms with Gasteiger partial charge in [0.15, 0.2) is 0 Å². The van der Waals surface area contributed by atoms with Gasteiger partial charge in [-0.25, -0.2) is 0 Å². The molecule has 1 heterocycles. The first-order valence-electron chi connectivity index (χ1n) is 7.81. The third-order valence-electron chi connectivity index (χ3n) is 3.51. The van der Waals surface area contributed by atoms with Crippen LogP contribution in [0.25, 0.3) is 17.5 Å². The SMILES string of the molecule is O=C(/C=C/c1ccccc1[N+](=O)[O-])NCc1nc(-c2cccc(Cl)c2)no1. The Morgan fingerprint density at radius 3 is 2.85 bits per heavy atom. The Kier molecular flexibility index (Phi) is 5.58. The van der Waals surface area contributed by atoms with Crippen molar-refractivity contribution >= 4 is 29.3 Å². The molecule has 0 aliphatic rings. The molecule has 0 radical (unpaired) electrons. The molecule has 0 saturated heterocycles. The van der Waals surface area contributed by atoms with Gasteiger partial charge in [0.1, 0.15) is 0 Å². The van der Waals surface area contributed by atoms with Gasteiger partial charge in [0, 0.05) is 22.7 Å². The van der Waals surface area contributed by atoms with E-state index in [9.17, 15) is 14.9 Å². The van der Waals surface area contributed by atoms with Gasteiger partial charge in [-0.2, -0.15) is 4.98 Å². The van der Waals surface area contributed by atoms with Gasteiger partial charge in [-0.05, 0) is 24.3 Å². The van der Waals surface area contributed by atoms with Crippen LogP contribution in [0.2, 0.25) is 5.02 Å². The molecule has 0 unspecified atom stereocenters. The number of rotatable bonds is 6. The highest BCUT2D eigenvalue weighted by atomic mass is 35.5. The lowest BCUT2D eigenvalue weighted by molar-refractivity contribution is -0.385. The summed E-state index contributed by atoms with van der Waals surface area (Å²) >= 11 is 5.93. The summed E-state index contributed by atoms with van der Waals surface area (Å²) in [5, 5.41) is 17.9. The first kappa shape index (κ1) is 18.3. The van der Waals surface area contributed by atoms with Crippen LogP contribution >= 0.6 is 11.6 Å². The number of benzene rings is 2. The van der Waals surface area contributed by atoms with E-state index in [1.807, 2.05) is 0 Å². The Labute approximate surface area is 158 Å². The van der Waals surface area contributed by atoms with E-state index in [-0.39, 0.29) is 18.1 Å². The fourth-order valence-corrected chi connectivity index (χ4v) is 2.44. The monoisotopic (exact) mass is 384 g/mol. The zero-order valence-electron chi connectivity index (χ0n) is 13.8. The maximum Gasteiger partial charge on any atom is 0.276 e. The summed E-state index contributed by atoms with van der Waals surface area (Å²) in [6.45, 7) is 0.0215. The van der Waals surface area contributed by atoms with Crippen molar-refractivity contribution in [2.24, 2.45) is 0 Å². The fraction of sp³-hybridized carbons (Fsp3) is 0.0556. The first-order chi connectivity index (χ1) is 13.0. The van der Waals surface area contributed by atoms with E-state index >= 15 is 0 Å². The Hall–Kier alpha value is -3.52. The highest BCUT2D eigenvalue weighted by Crippen LogP contribution is 2.20. The lowest BCUT2D eigenvalue weighted by atomic mass is 10.1. The number of halogens is 1. The summed E-state index contributed by atoms with van der Waals surface area (Å²) in [5.41, 5.74) is 0.948. The average molecular weight is 385 g/mol. The number of amides is 1. The summed E-state index contributed by atoms with van der Waals surface area (Å²) in [7, 11) is 0. The van der Waals surface area contributed by atoms with Crippen LogP contribution in [0.5, 0.6) is 0 Å². The van der Waals surface area contributed by atoms with Crippen molar-refractivity contribution < 1.29 is 14.2 Å². The lowest BCUT2D eigenvalue weighted by Crippen LogP contribution is -2.20. The van der Waals surface area contributed by atoms with Gasteiger partial charge in [-0.1, -0.05) is 41.0 Å². The van der Waals surface area contributed by atoms with Gasteiger partial charge < -0.3 is 9.84 Å². The number of nitrogens with one attached hydrogen (secondary N) is 1. The molecule has 1 amide bonds. The average Bonchev–Trinajstić information content (AvgIpc) is 3.14. The maximum atomic E-state index is 11.9. The van der Waals surface area contributed by atoms with Crippen LogP contribution in [0.3, 0.4) is 0 Å². The summed E-state index contributed by atoms with van der Waals surface area (Å²) in [6, 6.07) is 13.1. The Bertz CT molecular complexity index is 1020. The minimum atomic E-state index is -0.507. The maximum absolute atomic E-state index is 11.9. The van der Waals surface area contributed by atoms with Crippen molar-refractivity contribution in [3.63, 3.8) is 0 Å². The van der Waals surface area contributed by atoms with Crippen molar-refractivity contribution in [1.29, 1.82) is 0 Å². The van der Waals surface area contributed by atoms with Crippen molar-refractivity contribution in [1.82, 2.24) is 15.5 Å². The largest absolute Gasteiger partial charge is 0.343 e. The second-order valence-corrected chi connectivity index (χ2v) is 5.83. The number of para-hydroxylation sites is 1. The van der Waals surface area contributed by atoms with Crippen molar-refractivity contribution in [2.75, 3.05) is 0 Å². The highest BCUT2D eigenvalue weighted by Gasteiger charge is 2.11. The van der Waals surface area contributed by atoms with E-state index in [1.165, 1.54) is 18.2 Å². The summed E-state index contributed by atoms with van der Waals surface area (Å²) < 4.78 is 5.09. The van der Waals surface area contributed by atoms with Crippen LogP contribution in [-0.2, 0) is 11.3 Å². The molecule has 0 aliphatic carbocycles. The van der Waals surface area contributed by atoms with Gasteiger partial charge >= 0.3 is 0 Å². The topological polar surface area (TPSA) is 111 Å². The van der Waals surface area contributed by atoms with E-state index < -0.39 is 10.8 Å². The minimum Gasteiger partial charge on any atom is -0.343 e. The molecule has 2 aromatic carbocycles. The molecule has 0 bridgehead atoms. The van der Waals surface area contributed by atoms with Crippen molar-refractivity contribution in [2.45, 2.75) is 6.54 Å². The van der Waals surface area contributed by atoms with Gasteiger partial charge in [0.25, 0.3) is 5.69 Å². The standard InChI is InChI=1S/C18H13ClN4O4/c19-14-6-3-5-13(10-14)18-21-17(27-22-18)11-20-16(24)9-8-12-4-1-2-7-15(12)23(25)26/h1-10H,11H2,(H,20,24)/b9-8+. The number of carbonyl (C=O) groups excluding carboxylic acids is 1. The van der Waals surface area contributed by atoms with Crippen LogP contribution in [0.4, 0.5) is 5.69 Å². The predicted molar refractivity (Wildman–Crippen MR) is 98.7 cm³/mol. The lowest BCUT2D eigenvalue weighted by Gasteiger charge is -1.98. The van der Waals surface area contributed by atoms with Crippen LogP contribution in [-0.4, -0.2) is 21.0 Å². The third-order valence-corrected chi connectivity index (χ3v) is 3.75. The number of nitro benzene ring substituents is 1. The van der Waals surface area contributed by atoms with E-state index in [0.717, 1.165) is 0 Å². The molecule has 0 spiro atoms. The van der Waals surface area contributed by atoms with Crippen LogP contribution in [0, 0.1) is 10.1 Å². The highest BCUT2D eigenvalue weighted by molar-refractivity contribution is 6.30. The molecule has 0 atom stereocenters. The predicted octanol–water partition coefficient (Wildman–Crippen LogP) is 3.63. The Morgan fingerprint density at radius 1 is 1.26 bits per heavy atom. The van der Waals surface area contributed by atoms with E-state index in [2.05, 4.69) is 15.5 Å². The number of aromatic nitrogens is 2. The number of hydrogen-bond donors (Lipinski definition) is 1. The molecule has 136 valence electrons. The van der Waals surface area contributed by atoms with Gasteiger partial charge in [0.2, 0.25) is 17.6 Å². The summed E-state index contributed by atoms with van der Waals surface area (Å²) in [5.74, 6) is 0.130. The van der Waals surface area contributed by atoms with E-state index in [4.69, 9.17) is 16.1 Å². The normalized spacial score (nSPS) is 10.9. The molecule has 3 rings (SSSR count). The van der Waals surface area contributed by atoms with Crippen LogP contribution in [0.15, 0.2) is 59.1 Å². The third kappa shape index (κ3) is 4.77. The number of hydrogen-bond acceptors (Lipinski definition) is 6. The minimum absolute atomic E-state index is 0.0215. The number of nitrogens with zero attached hydrogens (tertiary/aromatic N) is 3. The molecule has 0 aliphatic heterocycles. The van der Waals surface area contributed by atoms with Gasteiger partial charge in [0.05, 0.1) is 17.0 Å². The number of carbonyl (C=O) groups is 1. The smallest absolute Gasteiger partial charge is 0.276 e. The quantitative estimate of drug-likeness (QED) is 0.394. The first-order valence-corrected chi connectivity index (χ1v) is 8.18. The zero-order chi connectivity index (χ0) is 19.2. The van der Waals surface area contributed by atoms with Gasteiger partial charge in [-0.15, -0.1) is 0 Å². The molecular formula is C18H13ClN4O4. The van der Waals surface area contributed by atoms with Crippen molar-refractivity contribution in [3.05, 3.63) is 81.2 Å². The molecule has 0 saturated carbocycles. The zero-order valence-corrected chi connectivity index (χ0v) is 14.6. The van der Waals surface area contributed by atoms with Crippen molar-refractivity contribution in [3.8, 4) is 11.4 Å². The number of nitro groups is 1. The Morgan fingerprint density at radius 2 is 2.07 bits per heavy atom. The molecule has 3 aromatic rings. The molecular weight excluding hydrogens is 372 g/mol.